The van der Waals surface area contributed by atoms with Gasteiger partial charge in [0.1, 0.15) is 0 Å². The summed E-state index contributed by atoms with van der Waals surface area (Å²) in [7, 11) is 0. The summed E-state index contributed by atoms with van der Waals surface area (Å²) in [6.45, 7) is 6.70. The first-order valence-electron chi connectivity index (χ1n) is 7.85. The molecule has 2 heteroatoms. The second-order valence-electron chi connectivity index (χ2n) is 7.50. The summed E-state index contributed by atoms with van der Waals surface area (Å²) in [5, 5.41) is 9.84. The zero-order chi connectivity index (χ0) is 13.8. The molecule has 5 atom stereocenters. The first kappa shape index (κ1) is 13.2. The van der Waals surface area contributed by atoms with Gasteiger partial charge in [-0.3, -0.25) is 4.79 Å². The smallest absolute Gasteiger partial charge is 0.309 e. The molecule has 5 unspecified atom stereocenters. The minimum Gasteiger partial charge on any atom is -0.481 e. The van der Waals surface area contributed by atoms with Crippen molar-refractivity contribution in [3.05, 3.63) is 11.6 Å². The first-order valence-corrected chi connectivity index (χ1v) is 7.85. The fourth-order valence-electron chi connectivity index (χ4n) is 5.73. The molecule has 106 valence electrons. The summed E-state index contributed by atoms with van der Waals surface area (Å²) >= 11 is 0. The molecule has 3 saturated carbocycles. The zero-order valence-corrected chi connectivity index (χ0v) is 12.4. The van der Waals surface area contributed by atoms with Gasteiger partial charge in [0, 0.05) is 0 Å². The first-order chi connectivity index (χ1) is 8.93. The largest absolute Gasteiger partial charge is 0.481 e. The third kappa shape index (κ3) is 1.64. The van der Waals surface area contributed by atoms with Crippen molar-refractivity contribution in [1.82, 2.24) is 0 Å². The van der Waals surface area contributed by atoms with Crippen LogP contribution in [0.2, 0.25) is 0 Å². The van der Waals surface area contributed by atoms with Gasteiger partial charge in [-0.1, -0.05) is 31.9 Å². The van der Waals surface area contributed by atoms with Crippen LogP contribution in [0, 0.1) is 28.6 Å². The number of hydrogen-bond acceptors (Lipinski definition) is 1. The molecule has 0 saturated heterocycles. The van der Waals surface area contributed by atoms with Crippen molar-refractivity contribution in [1.29, 1.82) is 0 Å². The predicted octanol–water partition coefficient (Wildman–Crippen LogP) is 4.26. The maximum atomic E-state index is 11.9. The highest BCUT2D eigenvalue weighted by Gasteiger charge is 2.69. The molecular formula is C17H26O2. The molecule has 0 aromatic heterocycles. The molecule has 0 aromatic rings. The number of aliphatic carboxylic acids is 1. The van der Waals surface area contributed by atoms with E-state index in [0.717, 1.165) is 25.7 Å². The third-order valence-corrected chi connectivity index (χ3v) is 6.48. The standard InChI is InChI=1S/C17H26O2/c1-4-11(2)8-16(3)10-17(15(18)19)9-14(16)12-6-5-7-13(12)17/h8,12-14H,4-7,9-10H2,1-3H3,(H,18,19)/b11-8-. The summed E-state index contributed by atoms with van der Waals surface area (Å²) in [4.78, 5) is 11.9. The molecule has 3 rings (SSSR count). The maximum absolute atomic E-state index is 11.9. The Morgan fingerprint density at radius 3 is 2.74 bits per heavy atom. The van der Waals surface area contributed by atoms with E-state index in [4.69, 9.17) is 0 Å². The van der Waals surface area contributed by atoms with E-state index in [2.05, 4.69) is 26.8 Å². The minimum absolute atomic E-state index is 0.129. The van der Waals surface area contributed by atoms with Gasteiger partial charge in [-0.05, 0) is 62.2 Å². The van der Waals surface area contributed by atoms with E-state index < -0.39 is 11.4 Å². The number of fused-ring (bicyclic) bond motifs is 5. The van der Waals surface area contributed by atoms with Gasteiger partial charge in [-0.2, -0.15) is 0 Å². The van der Waals surface area contributed by atoms with Gasteiger partial charge in [-0.25, -0.2) is 0 Å². The van der Waals surface area contributed by atoms with Crippen LogP contribution in [-0.2, 0) is 4.79 Å². The molecule has 0 amide bonds. The van der Waals surface area contributed by atoms with E-state index in [1.165, 1.54) is 18.4 Å². The molecule has 0 aromatic carbocycles. The average molecular weight is 262 g/mol. The normalized spacial score (nSPS) is 48.6. The van der Waals surface area contributed by atoms with E-state index in [1.807, 2.05) is 0 Å². The second kappa shape index (κ2) is 4.10. The lowest BCUT2D eigenvalue weighted by Gasteiger charge is -2.42. The van der Waals surface area contributed by atoms with Crippen molar-refractivity contribution < 1.29 is 9.90 Å². The highest BCUT2D eigenvalue weighted by molar-refractivity contribution is 5.77. The van der Waals surface area contributed by atoms with Gasteiger partial charge in [-0.15, -0.1) is 0 Å². The maximum Gasteiger partial charge on any atom is 0.309 e. The van der Waals surface area contributed by atoms with Gasteiger partial charge in [0.15, 0.2) is 0 Å². The van der Waals surface area contributed by atoms with Crippen LogP contribution in [0.25, 0.3) is 0 Å². The van der Waals surface area contributed by atoms with Crippen LogP contribution >= 0.6 is 0 Å². The van der Waals surface area contributed by atoms with Gasteiger partial charge in [0.2, 0.25) is 0 Å². The number of allylic oxidation sites excluding steroid dienone is 2. The van der Waals surface area contributed by atoms with Crippen LogP contribution in [-0.4, -0.2) is 11.1 Å². The molecular weight excluding hydrogens is 236 g/mol. The van der Waals surface area contributed by atoms with E-state index in [9.17, 15) is 9.90 Å². The lowest BCUT2D eigenvalue weighted by atomic mass is 9.62. The number of hydrogen-bond donors (Lipinski definition) is 1. The molecule has 0 heterocycles. The molecule has 3 aliphatic carbocycles. The van der Waals surface area contributed by atoms with Crippen molar-refractivity contribution in [2.45, 2.75) is 59.3 Å². The van der Waals surface area contributed by atoms with Gasteiger partial charge >= 0.3 is 5.97 Å². The molecule has 2 bridgehead atoms. The zero-order valence-electron chi connectivity index (χ0n) is 12.4. The van der Waals surface area contributed by atoms with Crippen LogP contribution in [0.1, 0.15) is 59.3 Å². The number of rotatable bonds is 3. The molecule has 2 nitrogen and oxygen atoms in total. The average Bonchev–Trinajstić information content (AvgIpc) is 2.97. The number of carboxylic acids is 1. The van der Waals surface area contributed by atoms with E-state index in [-0.39, 0.29) is 5.41 Å². The Kier molecular flexibility index (Phi) is 2.85. The fraction of sp³-hybridized carbons (Fsp3) is 0.824. The van der Waals surface area contributed by atoms with Crippen molar-refractivity contribution in [3.8, 4) is 0 Å². The quantitative estimate of drug-likeness (QED) is 0.772. The molecule has 19 heavy (non-hydrogen) atoms. The Morgan fingerprint density at radius 2 is 2.11 bits per heavy atom. The van der Waals surface area contributed by atoms with Crippen LogP contribution < -0.4 is 0 Å². The lowest BCUT2D eigenvalue weighted by Crippen LogP contribution is -2.41. The SMILES string of the molecule is CC/C(C)=C\C1(C)CC2(C(=O)O)CC1C1CCCC12. The van der Waals surface area contributed by atoms with Crippen molar-refractivity contribution in [2.75, 3.05) is 0 Å². The highest BCUT2D eigenvalue weighted by atomic mass is 16.4. The van der Waals surface area contributed by atoms with Crippen LogP contribution in [0.5, 0.6) is 0 Å². The summed E-state index contributed by atoms with van der Waals surface area (Å²) in [5.74, 6) is 1.24. The van der Waals surface area contributed by atoms with Gasteiger partial charge in [0.05, 0.1) is 5.41 Å². The summed E-state index contributed by atoms with van der Waals surface area (Å²) in [6, 6.07) is 0. The predicted molar refractivity (Wildman–Crippen MR) is 75.8 cm³/mol. The van der Waals surface area contributed by atoms with Gasteiger partial charge in [0.25, 0.3) is 0 Å². The summed E-state index contributed by atoms with van der Waals surface area (Å²) in [6.07, 6.45) is 8.96. The molecule has 0 aliphatic heterocycles. The van der Waals surface area contributed by atoms with Crippen molar-refractivity contribution in [3.63, 3.8) is 0 Å². The van der Waals surface area contributed by atoms with Crippen molar-refractivity contribution in [2.24, 2.45) is 28.6 Å². The van der Waals surface area contributed by atoms with Crippen molar-refractivity contribution >= 4 is 5.97 Å². The number of carbonyl (C=O) groups is 1. The van der Waals surface area contributed by atoms with Crippen LogP contribution in [0.3, 0.4) is 0 Å². The van der Waals surface area contributed by atoms with Gasteiger partial charge < -0.3 is 5.11 Å². The molecule has 3 fully saturated rings. The number of carboxylic acid groups (broad SMARTS) is 1. The Labute approximate surface area is 116 Å². The van der Waals surface area contributed by atoms with E-state index in [0.29, 0.717) is 17.8 Å². The topological polar surface area (TPSA) is 37.3 Å². The Hall–Kier alpha value is -0.790. The molecule has 0 spiro atoms. The van der Waals surface area contributed by atoms with E-state index in [1.54, 1.807) is 0 Å². The van der Waals surface area contributed by atoms with Crippen LogP contribution in [0.15, 0.2) is 11.6 Å². The molecule has 1 N–H and O–H groups in total. The lowest BCUT2D eigenvalue weighted by molar-refractivity contribution is -0.153. The molecule has 3 aliphatic rings. The summed E-state index contributed by atoms with van der Waals surface area (Å²) in [5.41, 5.74) is 1.15. The third-order valence-electron chi connectivity index (χ3n) is 6.48. The van der Waals surface area contributed by atoms with E-state index >= 15 is 0 Å². The Morgan fingerprint density at radius 1 is 1.37 bits per heavy atom. The second-order valence-corrected chi connectivity index (χ2v) is 7.50. The van der Waals surface area contributed by atoms with Crippen LogP contribution in [0.4, 0.5) is 0 Å². The summed E-state index contributed by atoms with van der Waals surface area (Å²) < 4.78 is 0. The monoisotopic (exact) mass is 262 g/mol. The molecule has 0 radical (unpaired) electrons. The fourth-order valence-corrected chi connectivity index (χ4v) is 5.73. The highest BCUT2D eigenvalue weighted by Crippen LogP contribution is 2.72. The Bertz CT molecular complexity index is 439. The Balaban J connectivity index is 2.00. The minimum atomic E-state index is -0.516.